The zero-order valence-corrected chi connectivity index (χ0v) is 29.9. The highest BCUT2D eigenvalue weighted by Gasteiger charge is 2.67. The molecule has 256 valence electrons. The second-order valence-electron chi connectivity index (χ2n) is 17.1. The van der Waals surface area contributed by atoms with E-state index in [4.69, 9.17) is 9.47 Å². The number of hydrogen-bond donors (Lipinski definition) is 0. The molecular weight excluding hydrogens is 598 g/mol. The highest BCUT2D eigenvalue weighted by atomic mass is 16.6. The highest BCUT2D eigenvalue weighted by molar-refractivity contribution is 6.08. The van der Waals surface area contributed by atoms with Crippen LogP contribution >= 0.6 is 0 Å². The van der Waals surface area contributed by atoms with Gasteiger partial charge >= 0.3 is 12.1 Å². The fourth-order valence-electron chi connectivity index (χ4n) is 10.9. The Bertz CT molecular complexity index is 1660. The van der Waals surface area contributed by atoms with Crippen molar-refractivity contribution < 1.29 is 23.9 Å². The predicted molar refractivity (Wildman–Crippen MR) is 186 cm³/mol. The number of carbonyl (C=O) groups is 3. The average molecular weight is 652 g/mol. The smallest absolute Gasteiger partial charge is 0.415 e. The van der Waals surface area contributed by atoms with Gasteiger partial charge < -0.3 is 14.4 Å². The molecule has 1 aliphatic heterocycles. The van der Waals surface area contributed by atoms with Crippen LogP contribution in [0, 0.1) is 33.0 Å². The van der Waals surface area contributed by atoms with Gasteiger partial charge in [0.15, 0.2) is 5.76 Å². The number of piperidine rings is 1. The van der Waals surface area contributed by atoms with E-state index in [0.717, 1.165) is 86.5 Å². The van der Waals surface area contributed by atoms with Gasteiger partial charge in [-0.3, -0.25) is 9.59 Å². The molecule has 0 spiro atoms. The molecule has 0 N–H and O–H groups in total. The first-order chi connectivity index (χ1) is 22.7. The van der Waals surface area contributed by atoms with E-state index in [1.807, 2.05) is 37.3 Å². The van der Waals surface area contributed by atoms with Crippen LogP contribution in [-0.4, -0.2) is 35.8 Å². The summed E-state index contributed by atoms with van der Waals surface area (Å²) in [5.74, 6) is 0.257. The quantitative estimate of drug-likeness (QED) is 0.303. The lowest BCUT2D eigenvalue weighted by Crippen LogP contribution is -2.62. The summed E-state index contributed by atoms with van der Waals surface area (Å²) in [5, 5.41) is 0. The van der Waals surface area contributed by atoms with Gasteiger partial charge in [-0.1, -0.05) is 75.8 Å². The molecule has 1 aromatic carbocycles. The van der Waals surface area contributed by atoms with E-state index in [0.29, 0.717) is 25.6 Å². The molecule has 48 heavy (non-hydrogen) atoms. The Balaban J connectivity index is 1.18. The number of ether oxygens (including phenoxy) is 2. The van der Waals surface area contributed by atoms with Crippen LogP contribution in [0.3, 0.4) is 0 Å². The third kappa shape index (κ3) is 4.98. The fourth-order valence-corrected chi connectivity index (χ4v) is 10.9. The minimum atomic E-state index is -0.517. The summed E-state index contributed by atoms with van der Waals surface area (Å²) in [4.78, 5) is 42.2. The van der Waals surface area contributed by atoms with Gasteiger partial charge in [0.2, 0.25) is 5.78 Å². The normalized spacial score (nSPS) is 37.5. The van der Waals surface area contributed by atoms with Gasteiger partial charge in [-0.2, -0.15) is 0 Å². The van der Waals surface area contributed by atoms with Gasteiger partial charge in [-0.15, -0.1) is 0 Å². The van der Waals surface area contributed by atoms with Crippen LogP contribution in [0.5, 0.6) is 0 Å². The number of hydrogen-bond acceptors (Lipinski definition) is 5. The monoisotopic (exact) mass is 651 g/mol. The maximum absolute atomic E-state index is 13.8. The van der Waals surface area contributed by atoms with Crippen molar-refractivity contribution in [2.45, 2.75) is 112 Å². The van der Waals surface area contributed by atoms with Crippen LogP contribution in [-0.2, 0) is 25.7 Å². The Morgan fingerprint density at radius 2 is 1.58 bits per heavy atom. The molecule has 6 heteroatoms. The second kappa shape index (κ2) is 11.6. The molecule has 7 rings (SSSR count). The first-order valence-electron chi connectivity index (χ1n) is 18.3. The number of amides is 1. The number of likely N-dealkylation sites (tertiary alicyclic amines) is 1. The van der Waals surface area contributed by atoms with Crippen LogP contribution in [0.4, 0.5) is 4.79 Å². The van der Waals surface area contributed by atoms with E-state index < -0.39 is 11.5 Å². The number of rotatable bonds is 4. The molecule has 6 nitrogen and oxygen atoms in total. The Morgan fingerprint density at radius 3 is 2.31 bits per heavy atom. The molecule has 0 unspecified atom stereocenters. The van der Waals surface area contributed by atoms with E-state index in [1.54, 1.807) is 11.0 Å². The lowest BCUT2D eigenvalue weighted by atomic mass is 9.34. The number of carbonyl (C=O) groups excluding carboxylic acids is 3. The van der Waals surface area contributed by atoms with Crippen molar-refractivity contribution in [2.75, 3.05) is 13.1 Å². The summed E-state index contributed by atoms with van der Waals surface area (Å²) in [5.41, 5.74) is 4.51. The van der Waals surface area contributed by atoms with E-state index in [2.05, 4.69) is 46.8 Å². The maximum atomic E-state index is 13.8. The zero-order chi connectivity index (χ0) is 34.1. The molecule has 1 heterocycles. The van der Waals surface area contributed by atoms with Gasteiger partial charge in [0, 0.05) is 24.1 Å². The Hall–Kier alpha value is -3.41. The Labute approximate surface area is 286 Å². The average Bonchev–Trinajstić information content (AvgIpc) is 3.08. The number of benzene rings is 1. The number of ketones is 1. The second-order valence-corrected chi connectivity index (χ2v) is 17.1. The van der Waals surface area contributed by atoms with E-state index in [-0.39, 0.29) is 39.2 Å². The van der Waals surface area contributed by atoms with Gasteiger partial charge in [0.1, 0.15) is 6.61 Å². The Morgan fingerprint density at radius 1 is 0.875 bits per heavy atom. The molecule has 4 fully saturated rings. The number of allylic oxidation sites excluding steroid dienone is 7. The SMILES string of the molecule is CC1=C(OC(=O)N2CCCCC2)C(=O)C=C2C1=CC=C1[C@@]2(C)CC[C@@]2(C)[C@@H]3C[C@](C)(C(=O)OCc4ccccc4)CC[C@]3(C)CC[C@]12C. The molecule has 5 aliphatic carbocycles. The molecule has 0 aromatic heterocycles. The predicted octanol–water partition coefficient (Wildman–Crippen LogP) is 9.42. The van der Waals surface area contributed by atoms with Crippen LogP contribution in [0.1, 0.15) is 111 Å². The summed E-state index contributed by atoms with van der Waals surface area (Å²) < 4.78 is 11.8. The van der Waals surface area contributed by atoms with Crippen molar-refractivity contribution in [3.63, 3.8) is 0 Å². The van der Waals surface area contributed by atoms with Crippen LogP contribution < -0.4 is 0 Å². The van der Waals surface area contributed by atoms with E-state index in [1.165, 1.54) is 5.57 Å². The largest absolute Gasteiger partial charge is 0.460 e. The summed E-state index contributed by atoms with van der Waals surface area (Å²) in [6.07, 6.45) is 15.8. The van der Waals surface area contributed by atoms with Crippen molar-refractivity contribution in [1.82, 2.24) is 4.90 Å². The minimum absolute atomic E-state index is 0.0165. The van der Waals surface area contributed by atoms with Crippen molar-refractivity contribution in [2.24, 2.45) is 33.0 Å². The maximum Gasteiger partial charge on any atom is 0.415 e. The molecular formula is C42H53NO5. The van der Waals surface area contributed by atoms with Crippen LogP contribution in [0.2, 0.25) is 0 Å². The topological polar surface area (TPSA) is 72.9 Å². The summed E-state index contributed by atoms with van der Waals surface area (Å²) in [7, 11) is 0. The Kier molecular flexibility index (Phi) is 7.99. The van der Waals surface area contributed by atoms with Gasteiger partial charge in [-0.25, -0.2) is 4.79 Å². The zero-order valence-electron chi connectivity index (χ0n) is 29.9. The standard InChI is InChI=1S/C42H53NO5/c1-28-30-15-16-33-40(4,31(30)25-32(44)35(28)48-37(46)43-23-11-8-12-24-43)20-22-42(6)34-26-39(3,18-17-38(34,2)19-21-41(33,42)5)36(45)47-27-29-13-9-7-10-14-29/h7,9-10,13-16,25,34H,8,11-12,17-24,26-27H2,1-6H3/t34-,38-,39-,40+,41-,42+/m1/s1. The van der Waals surface area contributed by atoms with Crippen molar-refractivity contribution in [3.05, 3.63) is 82.2 Å². The summed E-state index contributed by atoms with van der Waals surface area (Å²) in [6, 6.07) is 9.96. The van der Waals surface area contributed by atoms with E-state index in [9.17, 15) is 14.4 Å². The molecule has 0 bridgehead atoms. The molecule has 0 radical (unpaired) electrons. The summed E-state index contributed by atoms with van der Waals surface area (Å²) >= 11 is 0. The highest BCUT2D eigenvalue weighted by Crippen LogP contribution is 2.75. The lowest BCUT2D eigenvalue weighted by Gasteiger charge is -2.70. The van der Waals surface area contributed by atoms with E-state index >= 15 is 0 Å². The first kappa shape index (κ1) is 33.1. The van der Waals surface area contributed by atoms with Crippen molar-refractivity contribution in [3.8, 4) is 0 Å². The molecule has 3 saturated carbocycles. The van der Waals surface area contributed by atoms with Gasteiger partial charge in [0.05, 0.1) is 5.41 Å². The molecule has 1 aromatic rings. The van der Waals surface area contributed by atoms with Crippen molar-refractivity contribution >= 4 is 17.8 Å². The molecule has 6 aliphatic rings. The van der Waals surface area contributed by atoms with Crippen molar-refractivity contribution in [1.29, 1.82) is 0 Å². The number of esters is 1. The third-order valence-electron chi connectivity index (χ3n) is 14.4. The molecule has 6 atom stereocenters. The van der Waals surface area contributed by atoms with Crippen LogP contribution in [0.25, 0.3) is 0 Å². The summed E-state index contributed by atoms with van der Waals surface area (Å²) in [6.45, 7) is 15.5. The number of nitrogens with zero attached hydrogens (tertiary/aromatic N) is 1. The minimum Gasteiger partial charge on any atom is -0.460 e. The first-order valence-corrected chi connectivity index (χ1v) is 18.3. The third-order valence-corrected chi connectivity index (χ3v) is 14.4. The number of fused-ring (bicyclic) bond motifs is 7. The van der Waals surface area contributed by atoms with Crippen LogP contribution in [0.15, 0.2) is 76.6 Å². The molecule has 1 saturated heterocycles. The van der Waals surface area contributed by atoms with Gasteiger partial charge in [-0.05, 0) is 123 Å². The lowest BCUT2D eigenvalue weighted by molar-refractivity contribution is -0.183. The fraction of sp³-hybridized carbons (Fsp3) is 0.595. The van der Waals surface area contributed by atoms with Gasteiger partial charge in [0.25, 0.3) is 0 Å². The molecule has 1 amide bonds.